The molecule has 1 aromatic rings. The zero-order valence-corrected chi connectivity index (χ0v) is 12.8. The second-order valence-corrected chi connectivity index (χ2v) is 6.10. The van der Waals surface area contributed by atoms with E-state index in [1.807, 2.05) is 30.3 Å². The number of aliphatic hydroxyl groups is 1. The van der Waals surface area contributed by atoms with Crippen molar-refractivity contribution in [3.8, 4) is 0 Å². The molecule has 1 aromatic carbocycles. The van der Waals surface area contributed by atoms with Gasteiger partial charge < -0.3 is 14.9 Å². The standard InChI is InChI=1S/C17H28N2O/c1-3-10-18(2)12-15-9-11-19(13-15)14-17(20)16-7-5-4-6-8-16/h4-8,15,17,20H,3,9-14H2,1-2H3. The maximum absolute atomic E-state index is 10.3. The Morgan fingerprint density at radius 3 is 2.80 bits per heavy atom. The topological polar surface area (TPSA) is 26.7 Å². The summed E-state index contributed by atoms with van der Waals surface area (Å²) in [4.78, 5) is 4.84. The Balaban J connectivity index is 1.76. The van der Waals surface area contributed by atoms with E-state index in [1.54, 1.807) is 0 Å². The molecule has 1 aliphatic heterocycles. The van der Waals surface area contributed by atoms with Gasteiger partial charge in [0.15, 0.2) is 0 Å². The Labute approximate surface area is 123 Å². The molecule has 0 spiro atoms. The Hall–Kier alpha value is -0.900. The molecule has 0 saturated carbocycles. The van der Waals surface area contributed by atoms with Crippen LogP contribution in [0.25, 0.3) is 0 Å². The third-order valence-electron chi connectivity index (χ3n) is 4.16. The first-order valence-electron chi connectivity index (χ1n) is 7.83. The molecule has 0 aromatic heterocycles. The van der Waals surface area contributed by atoms with Gasteiger partial charge >= 0.3 is 0 Å². The summed E-state index contributed by atoms with van der Waals surface area (Å²) >= 11 is 0. The van der Waals surface area contributed by atoms with Gasteiger partial charge in [-0.1, -0.05) is 37.3 Å². The molecule has 2 atom stereocenters. The van der Waals surface area contributed by atoms with E-state index in [0.717, 1.165) is 31.1 Å². The van der Waals surface area contributed by atoms with Crippen LogP contribution in [-0.2, 0) is 0 Å². The van der Waals surface area contributed by atoms with E-state index in [2.05, 4.69) is 23.8 Å². The molecule has 0 aliphatic carbocycles. The van der Waals surface area contributed by atoms with Crippen molar-refractivity contribution < 1.29 is 5.11 Å². The Bertz CT molecular complexity index is 382. The zero-order valence-electron chi connectivity index (χ0n) is 12.8. The number of likely N-dealkylation sites (tertiary alicyclic amines) is 1. The minimum atomic E-state index is -0.358. The lowest BCUT2D eigenvalue weighted by atomic mass is 10.1. The van der Waals surface area contributed by atoms with Gasteiger partial charge in [0.2, 0.25) is 0 Å². The molecule has 3 nitrogen and oxygen atoms in total. The largest absolute Gasteiger partial charge is 0.387 e. The highest BCUT2D eigenvalue weighted by molar-refractivity contribution is 5.17. The van der Waals surface area contributed by atoms with Gasteiger partial charge in [0.25, 0.3) is 0 Å². The lowest BCUT2D eigenvalue weighted by Crippen LogP contribution is -2.30. The van der Waals surface area contributed by atoms with E-state index in [9.17, 15) is 5.11 Å². The Kier molecular flexibility index (Phi) is 6.02. The summed E-state index contributed by atoms with van der Waals surface area (Å²) < 4.78 is 0. The van der Waals surface area contributed by atoms with Gasteiger partial charge in [-0.15, -0.1) is 0 Å². The molecule has 0 bridgehead atoms. The van der Waals surface area contributed by atoms with Crippen LogP contribution in [0, 0.1) is 5.92 Å². The highest BCUT2D eigenvalue weighted by Gasteiger charge is 2.25. The third kappa shape index (κ3) is 4.58. The fourth-order valence-corrected chi connectivity index (χ4v) is 3.17. The molecule has 1 heterocycles. The number of aliphatic hydroxyl groups excluding tert-OH is 1. The van der Waals surface area contributed by atoms with Gasteiger partial charge in [0.05, 0.1) is 6.10 Å². The lowest BCUT2D eigenvalue weighted by Gasteiger charge is -2.22. The third-order valence-corrected chi connectivity index (χ3v) is 4.16. The summed E-state index contributed by atoms with van der Waals surface area (Å²) in [5.74, 6) is 0.759. The molecule has 2 unspecified atom stereocenters. The predicted octanol–water partition coefficient (Wildman–Crippen LogP) is 2.38. The molecule has 1 fully saturated rings. The molecular weight excluding hydrogens is 248 g/mol. The van der Waals surface area contributed by atoms with Crippen LogP contribution in [0.15, 0.2) is 30.3 Å². The second kappa shape index (κ2) is 7.77. The highest BCUT2D eigenvalue weighted by Crippen LogP contribution is 2.21. The predicted molar refractivity (Wildman–Crippen MR) is 83.7 cm³/mol. The van der Waals surface area contributed by atoms with Gasteiger partial charge in [0.1, 0.15) is 0 Å². The van der Waals surface area contributed by atoms with E-state index in [1.165, 1.54) is 25.9 Å². The van der Waals surface area contributed by atoms with E-state index >= 15 is 0 Å². The number of hydrogen-bond acceptors (Lipinski definition) is 3. The fourth-order valence-electron chi connectivity index (χ4n) is 3.17. The molecule has 3 heteroatoms. The van der Waals surface area contributed by atoms with Crippen LogP contribution < -0.4 is 0 Å². The average molecular weight is 276 g/mol. The maximum atomic E-state index is 10.3. The van der Waals surface area contributed by atoms with Crippen LogP contribution in [0.3, 0.4) is 0 Å². The van der Waals surface area contributed by atoms with E-state index in [4.69, 9.17) is 0 Å². The Morgan fingerprint density at radius 2 is 2.10 bits per heavy atom. The summed E-state index contributed by atoms with van der Waals surface area (Å²) in [5, 5.41) is 10.3. The number of benzene rings is 1. The molecule has 20 heavy (non-hydrogen) atoms. The number of rotatable bonds is 7. The molecule has 1 aliphatic rings. The van der Waals surface area contributed by atoms with E-state index < -0.39 is 0 Å². The van der Waals surface area contributed by atoms with Gasteiger partial charge in [-0.3, -0.25) is 0 Å². The second-order valence-electron chi connectivity index (χ2n) is 6.10. The van der Waals surface area contributed by atoms with Crippen LogP contribution in [0.1, 0.15) is 31.4 Å². The van der Waals surface area contributed by atoms with Crippen molar-refractivity contribution in [3.05, 3.63) is 35.9 Å². The maximum Gasteiger partial charge on any atom is 0.0916 e. The van der Waals surface area contributed by atoms with Gasteiger partial charge in [-0.05, 0) is 44.5 Å². The first kappa shape index (κ1) is 15.5. The minimum Gasteiger partial charge on any atom is -0.387 e. The van der Waals surface area contributed by atoms with Crippen molar-refractivity contribution in [1.29, 1.82) is 0 Å². The van der Waals surface area contributed by atoms with E-state index in [0.29, 0.717) is 0 Å². The molecule has 0 amide bonds. The van der Waals surface area contributed by atoms with Crippen LogP contribution >= 0.6 is 0 Å². The first-order chi connectivity index (χ1) is 9.69. The van der Waals surface area contributed by atoms with Crippen molar-refractivity contribution in [2.45, 2.75) is 25.9 Å². The number of hydrogen-bond donors (Lipinski definition) is 1. The molecule has 1 N–H and O–H groups in total. The number of β-amino-alcohol motifs (C(OH)–C–C–N with tert-alkyl or cyclic N) is 1. The van der Waals surface area contributed by atoms with Gasteiger partial charge in [0, 0.05) is 19.6 Å². The summed E-state index contributed by atoms with van der Waals surface area (Å²) in [6, 6.07) is 9.99. The van der Waals surface area contributed by atoms with Crippen molar-refractivity contribution in [1.82, 2.24) is 9.80 Å². The van der Waals surface area contributed by atoms with Gasteiger partial charge in [-0.2, -0.15) is 0 Å². The molecular formula is C17H28N2O. The molecule has 1 saturated heterocycles. The zero-order chi connectivity index (χ0) is 14.4. The summed E-state index contributed by atoms with van der Waals surface area (Å²) in [6.07, 6.45) is 2.12. The van der Waals surface area contributed by atoms with Crippen molar-refractivity contribution >= 4 is 0 Å². The lowest BCUT2D eigenvalue weighted by molar-refractivity contribution is 0.123. The molecule has 0 radical (unpaired) electrons. The SMILES string of the molecule is CCCN(C)CC1CCN(CC(O)c2ccccc2)C1. The van der Waals surface area contributed by atoms with Crippen LogP contribution in [-0.4, -0.2) is 54.7 Å². The van der Waals surface area contributed by atoms with Gasteiger partial charge in [-0.25, -0.2) is 0 Å². The van der Waals surface area contributed by atoms with Crippen molar-refractivity contribution in [3.63, 3.8) is 0 Å². The first-order valence-corrected chi connectivity index (χ1v) is 7.83. The highest BCUT2D eigenvalue weighted by atomic mass is 16.3. The smallest absolute Gasteiger partial charge is 0.0916 e. The van der Waals surface area contributed by atoms with Crippen molar-refractivity contribution in [2.24, 2.45) is 5.92 Å². The molecule has 2 rings (SSSR count). The van der Waals surface area contributed by atoms with Crippen LogP contribution in [0.5, 0.6) is 0 Å². The quantitative estimate of drug-likeness (QED) is 0.828. The Morgan fingerprint density at radius 1 is 1.35 bits per heavy atom. The van der Waals surface area contributed by atoms with Crippen LogP contribution in [0.4, 0.5) is 0 Å². The van der Waals surface area contributed by atoms with E-state index in [-0.39, 0.29) is 6.10 Å². The minimum absolute atomic E-state index is 0.358. The summed E-state index contributed by atoms with van der Waals surface area (Å²) in [7, 11) is 2.21. The normalized spacial score (nSPS) is 21.5. The average Bonchev–Trinajstić information content (AvgIpc) is 2.87. The molecule has 112 valence electrons. The summed E-state index contributed by atoms with van der Waals surface area (Å²) in [6.45, 7) is 7.60. The fraction of sp³-hybridized carbons (Fsp3) is 0.647. The summed E-state index contributed by atoms with van der Waals surface area (Å²) in [5.41, 5.74) is 1.03. The monoisotopic (exact) mass is 276 g/mol. The number of nitrogens with zero attached hydrogens (tertiary/aromatic N) is 2. The van der Waals surface area contributed by atoms with Crippen LogP contribution in [0.2, 0.25) is 0 Å². The van der Waals surface area contributed by atoms with Crippen molar-refractivity contribution in [2.75, 3.05) is 39.8 Å².